The van der Waals surface area contributed by atoms with Crippen molar-refractivity contribution in [2.45, 2.75) is 64.1 Å². The SMILES string of the molecule is CCC(NC(=O)OC(C)(C)C)C1(N)CC(C(=O)OC)C1.Cl. The molecule has 0 heterocycles. The van der Waals surface area contributed by atoms with Gasteiger partial charge in [-0.25, -0.2) is 4.79 Å². The third-order valence-electron chi connectivity index (χ3n) is 3.58. The van der Waals surface area contributed by atoms with Crippen LogP contribution in [0.15, 0.2) is 0 Å². The fraction of sp³-hybridized carbons (Fsp3) is 0.857. The maximum Gasteiger partial charge on any atom is 0.407 e. The van der Waals surface area contributed by atoms with Crippen LogP contribution in [0, 0.1) is 5.92 Å². The fourth-order valence-electron chi connectivity index (χ4n) is 2.58. The molecule has 0 aromatic rings. The van der Waals surface area contributed by atoms with Crippen LogP contribution in [-0.4, -0.2) is 36.4 Å². The third kappa shape index (κ3) is 5.36. The molecule has 3 N–H and O–H groups in total. The lowest BCUT2D eigenvalue weighted by Gasteiger charge is -2.48. The lowest BCUT2D eigenvalue weighted by atomic mass is 9.64. The van der Waals surface area contributed by atoms with Crippen molar-refractivity contribution in [3.8, 4) is 0 Å². The highest BCUT2D eigenvalue weighted by molar-refractivity contribution is 5.85. The molecule has 6 nitrogen and oxygen atoms in total. The molecule has 0 spiro atoms. The number of nitrogens with two attached hydrogens (primary N) is 1. The number of alkyl carbamates (subject to hydrolysis) is 1. The number of nitrogens with one attached hydrogen (secondary N) is 1. The van der Waals surface area contributed by atoms with E-state index in [1.165, 1.54) is 7.11 Å². The monoisotopic (exact) mass is 322 g/mol. The molecule has 1 amide bonds. The second kappa shape index (κ2) is 7.31. The smallest absolute Gasteiger partial charge is 0.407 e. The van der Waals surface area contributed by atoms with Crippen molar-refractivity contribution in [1.29, 1.82) is 0 Å². The van der Waals surface area contributed by atoms with Crippen LogP contribution in [0.5, 0.6) is 0 Å². The topological polar surface area (TPSA) is 90.6 Å². The minimum atomic E-state index is -0.565. The average molecular weight is 323 g/mol. The summed E-state index contributed by atoms with van der Waals surface area (Å²) in [7, 11) is 1.37. The Balaban J connectivity index is 0.00000400. The first-order valence-electron chi connectivity index (χ1n) is 6.97. The van der Waals surface area contributed by atoms with Gasteiger partial charge in [-0.1, -0.05) is 6.92 Å². The van der Waals surface area contributed by atoms with Crippen LogP contribution in [0.3, 0.4) is 0 Å². The summed E-state index contributed by atoms with van der Waals surface area (Å²) in [6.07, 6.45) is 1.25. The average Bonchev–Trinajstić information content (AvgIpc) is 2.28. The molecule has 124 valence electrons. The molecule has 1 atom stereocenters. The highest BCUT2D eigenvalue weighted by Crippen LogP contribution is 2.39. The first-order valence-corrected chi connectivity index (χ1v) is 6.97. The van der Waals surface area contributed by atoms with E-state index in [4.69, 9.17) is 15.2 Å². The zero-order valence-corrected chi connectivity index (χ0v) is 14.2. The Kier molecular flexibility index (Phi) is 6.96. The van der Waals surface area contributed by atoms with Crippen LogP contribution in [0.4, 0.5) is 4.79 Å². The van der Waals surface area contributed by atoms with Crippen molar-refractivity contribution in [2.75, 3.05) is 7.11 Å². The van der Waals surface area contributed by atoms with Crippen molar-refractivity contribution in [1.82, 2.24) is 5.32 Å². The van der Waals surface area contributed by atoms with Crippen molar-refractivity contribution < 1.29 is 19.1 Å². The zero-order chi connectivity index (χ0) is 15.6. The molecule has 0 bridgehead atoms. The summed E-state index contributed by atoms with van der Waals surface area (Å²) >= 11 is 0. The Labute approximate surface area is 132 Å². The molecule has 0 radical (unpaired) electrons. The number of hydrogen-bond donors (Lipinski definition) is 2. The zero-order valence-electron chi connectivity index (χ0n) is 13.4. The van der Waals surface area contributed by atoms with E-state index in [9.17, 15) is 9.59 Å². The van der Waals surface area contributed by atoms with Crippen LogP contribution < -0.4 is 11.1 Å². The van der Waals surface area contributed by atoms with Gasteiger partial charge in [0.05, 0.1) is 13.0 Å². The molecule has 1 unspecified atom stereocenters. The fourth-order valence-corrected chi connectivity index (χ4v) is 2.58. The Hall–Kier alpha value is -1.01. The molecule has 0 aliphatic heterocycles. The summed E-state index contributed by atoms with van der Waals surface area (Å²) in [4.78, 5) is 23.2. The Morgan fingerprint density at radius 2 is 1.90 bits per heavy atom. The summed E-state index contributed by atoms with van der Waals surface area (Å²) < 4.78 is 9.93. The molecule has 0 aromatic heterocycles. The maximum absolute atomic E-state index is 11.8. The second-order valence-electron chi connectivity index (χ2n) is 6.47. The minimum Gasteiger partial charge on any atom is -0.469 e. The summed E-state index contributed by atoms with van der Waals surface area (Å²) in [6.45, 7) is 7.37. The first kappa shape index (κ1) is 20.0. The maximum atomic E-state index is 11.8. The van der Waals surface area contributed by atoms with Gasteiger partial charge in [0.1, 0.15) is 5.60 Å². The summed E-state index contributed by atoms with van der Waals surface area (Å²) in [6, 6.07) is -0.210. The van der Waals surface area contributed by atoms with E-state index in [0.29, 0.717) is 19.3 Å². The van der Waals surface area contributed by atoms with E-state index in [0.717, 1.165) is 0 Å². The number of rotatable bonds is 4. The Bertz CT molecular complexity index is 376. The van der Waals surface area contributed by atoms with E-state index in [2.05, 4.69) is 5.32 Å². The number of ether oxygens (including phenoxy) is 2. The number of carbonyl (C=O) groups excluding carboxylic acids is 2. The van der Waals surface area contributed by atoms with Crippen molar-refractivity contribution >= 4 is 24.5 Å². The van der Waals surface area contributed by atoms with Gasteiger partial charge in [0.25, 0.3) is 0 Å². The van der Waals surface area contributed by atoms with Gasteiger partial charge in [-0.05, 0) is 40.0 Å². The van der Waals surface area contributed by atoms with Gasteiger partial charge in [0, 0.05) is 11.6 Å². The van der Waals surface area contributed by atoms with Crippen LogP contribution in [0.2, 0.25) is 0 Å². The molecule has 1 aliphatic rings. The molecular formula is C14H27ClN2O4. The van der Waals surface area contributed by atoms with E-state index >= 15 is 0 Å². The van der Waals surface area contributed by atoms with E-state index < -0.39 is 17.2 Å². The van der Waals surface area contributed by atoms with Crippen LogP contribution >= 0.6 is 12.4 Å². The highest BCUT2D eigenvalue weighted by Gasteiger charge is 2.50. The van der Waals surface area contributed by atoms with E-state index in [1.807, 2.05) is 27.7 Å². The molecule has 1 rings (SSSR count). The molecule has 1 fully saturated rings. The normalized spacial score (nSPS) is 25.9. The van der Waals surface area contributed by atoms with E-state index in [1.54, 1.807) is 0 Å². The number of carbonyl (C=O) groups is 2. The Morgan fingerprint density at radius 3 is 2.29 bits per heavy atom. The van der Waals surface area contributed by atoms with Gasteiger partial charge < -0.3 is 20.5 Å². The molecule has 1 saturated carbocycles. The number of halogens is 1. The molecule has 21 heavy (non-hydrogen) atoms. The molecule has 0 saturated heterocycles. The quantitative estimate of drug-likeness (QED) is 0.772. The van der Waals surface area contributed by atoms with Crippen molar-refractivity contribution in [2.24, 2.45) is 11.7 Å². The van der Waals surface area contributed by atoms with Crippen LogP contribution in [0.25, 0.3) is 0 Å². The van der Waals surface area contributed by atoms with Gasteiger partial charge in [0.2, 0.25) is 0 Å². The number of esters is 1. The number of methoxy groups -OCH3 is 1. The lowest BCUT2D eigenvalue weighted by Crippen LogP contribution is -2.66. The molecular weight excluding hydrogens is 296 g/mol. The van der Waals surface area contributed by atoms with Gasteiger partial charge >= 0.3 is 12.1 Å². The second-order valence-corrected chi connectivity index (χ2v) is 6.47. The van der Waals surface area contributed by atoms with Crippen molar-refractivity contribution in [3.05, 3.63) is 0 Å². The molecule has 7 heteroatoms. The summed E-state index contributed by atoms with van der Waals surface area (Å²) in [5.74, 6) is -0.405. The standard InChI is InChI=1S/C14H26N2O4.ClH/c1-6-10(16-12(18)20-13(2,3)4)14(15)7-9(8-14)11(17)19-5;/h9-10H,6-8,15H2,1-5H3,(H,16,18);1H. The summed E-state index contributed by atoms with van der Waals surface area (Å²) in [5, 5.41) is 2.80. The van der Waals surface area contributed by atoms with E-state index in [-0.39, 0.29) is 30.3 Å². The lowest BCUT2D eigenvalue weighted by molar-refractivity contribution is -0.151. The van der Waals surface area contributed by atoms with Gasteiger partial charge in [-0.2, -0.15) is 0 Å². The largest absolute Gasteiger partial charge is 0.469 e. The summed E-state index contributed by atoms with van der Waals surface area (Å²) in [5.41, 5.74) is 5.17. The number of hydrogen-bond acceptors (Lipinski definition) is 5. The minimum absolute atomic E-state index is 0. The van der Waals surface area contributed by atoms with Gasteiger partial charge in [-0.3, -0.25) is 4.79 Å². The third-order valence-corrected chi connectivity index (χ3v) is 3.58. The van der Waals surface area contributed by atoms with Gasteiger partial charge in [0.15, 0.2) is 0 Å². The molecule has 0 aromatic carbocycles. The van der Waals surface area contributed by atoms with Crippen LogP contribution in [0.1, 0.15) is 47.0 Å². The van der Waals surface area contributed by atoms with Crippen molar-refractivity contribution in [3.63, 3.8) is 0 Å². The Morgan fingerprint density at radius 1 is 1.38 bits per heavy atom. The predicted molar refractivity (Wildman–Crippen MR) is 82.4 cm³/mol. The van der Waals surface area contributed by atoms with Crippen LogP contribution in [-0.2, 0) is 14.3 Å². The molecule has 1 aliphatic carbocycles. The highest BCUT2D eigenvalue weighted by atomic mass is 35.5. The van der Waals surface area contributed by atoms with Gasteiger partial charge in [-0.15, -0.1) is 12.4 Å². The first-order chi connectivity index (χ1) is 9.11. The predicted octanol–water partition coefficient (Wildman–Crippen LogP) is 1.99. The number of amides is 1.